The van der Waals surface area contributed by atoms with Crippen molar-refractivity contribution in [1.29, 1.82) is 0 Å². The fourth-order valence-corrected chi connectivity index (χ4v) is 1.85. The summed E-state index contributed by atoms with van der Waals surface area (Å²) in [6, 6.07) is 0. The first-order chi connectivity index (χ1) is 8.12. The highest BCUT2D eigenvalue weighted by atomic mass is 35.5. The predicted molar refractivity (Wildman–Crippen MR) is 78.0 cm³/mol. The quantitative estimate of drug-likeness (QED) is 0.703. The van der Waals surface area contributed by atoms with Crippen LogP contribution in [0.2, 0.25) is 0 Å². The summed E-state index contributed by atoms with van der Waals surface area (Å²) in [5.74, 6) is 0.745. The van der Waals surface area contributed by atoms with Crippen LogP contribution < -0.4 is 5.73 Å². The maximum Gasteiger partial charge on any atom is 0.225 e. The summed E-state index contributed by atoms with van der Waals surface area (Å²) >= 11 is 0. The highest BCUT2D eigenvalue weighted by Gasteiger charge is 2.19. The Balaban J connectivity index is 0. The van der Waals surface area contributed by atoms with E-state index < -0.39 is 0 Å². The van der Waals surface area contributed by atoms with E-state index in [2.05, 4.69) is 13.8 Å². The molecule has 0 bridgehead atoms. The number of halogens is 1. The van der Waals surface area contributed by atoms with Crippen molar-refractivity contribution in [3.8, 4) is 0 Å². The monoisotopic (exact) mass is 280 g/mol. The van der Waals surface area contributed by atoms with E-state index in [9.17, 15) is 4.79 Å². The first kappa shape index (κ1) is 20.0. The fraction of sp³-hybridized carbons (Fsp3) is 0.923. The summed E-state index contributed by atoms with van der Waals surface area (Å²) in [5.41, 5.74) is 5.53. The lowest BCUT2D eigenvalue weighted by molar-refractivity contribution is -0.134. The second-order valence-corrected chi connectivity index (χ2v) is 4.41. The van der Waals surface area contributed by atoms with Crippen LogP contribution in [0, 0.1) is 5.92 Å². The van der Waals surface area contributed by atoms with Gasteiger partial charge in [-0.15, -0.1) is 12.4 Å². The van der Waals surface area contributed by atoms with Gasteiger partial charge in [-0.2, -0.15) is 0 Å². The molecule has 110 valence electrons. The van der Waals surface area contributed by atoms with Gasteiger partial charge in [-0.25, -0.2) is 0 Å². The number of carbonyl (C=O) groups is 1. The minimum Gasteiger partial charge on any atom is -0.380 e. The van der Waals surface area contributed by atoms with Crippen LogP contribution >= 0.6 is 12.4 Å². The molecule has 1 unspecified atom stereocenters. The number of amides is 1. The van der Waals surface area contributed by atoms with Crippen molar-refractivity contribution in [2.45, 2.75) is 46.1 Å². The van der Waals surface area contributed by atoms with Gasteiger partial charge in [0, 0.05) is 26.7 Å². The normalized spacial score (nSPS) is 12.1. The third-order valence-corrected chi connectivity index (χ3v) is 3.37. The van der Waals surface area contributed by atoms with Gasteiger partial charge in [0.2, 0.25) is 5.91 Å². The van der Waals surface area contributed by atoms with Crippen molar-refractivity contribution in [2.75, 3.05) is 26.7 Å². The Hall–Kier alpha value is -0.320. The third-order valence-electron chi connectivity index (χ3n) is 3.37. The first-order valence-corrected chi connectivity index (χ1v) is 6.63. The summed E-state index contributed by atoms with van der Waals surface area (Å²) in [7, 11) is 1.60. The summed E-state index contributed by atoms with van der Waals surface area (Å²) in [4.78, 5) is 14.0. The minimum absolute atomic E-state index is 0. The minimum atomic E-state index is -0.154. The molecule has 0 saturated carbocycles. The van der Waals surface area contributed by atoms with Crippen molar-refractivity contribution < 1.29 is 9.53 Å². The molecule has 0 aromatic rings. The molecule has 0 aliphatic heterocycles. The molecular formula is C13H29ClN2O2. The van der Waals surface area contributed by atoms with Crippen LogP contribution in [-0.4, -0.2) is 43.7 Å². The zero-order valence-electron chi connectivity index (χ0n) is 12.1. The lowest BCUT2D eigenvalue weighted by Crippen LogP contribution is -2.38. The zero-order valence-corrected chi connectivity index (χ0v) is 13.0. The summed E-state index contributed by atoms with van der Waals surface area (Å²) in [5, 5.41) is 0. The largest absolute Gasteiger partial charge is 0.380 e. The molecule has 0 radical (unpaired) electrons. The molecule has 1 amide bonds. The molecule has 5 heteroatoms. The molecule has 4 nitrogen and oxygen atoms in total. The Morgan fingerprint density at radius 2 is 1.83 bits per heavy atom. The molecule has 18 heavy (non-hydrogen) atoms. The number of rotatable bonds is 9. The Morgan fingerprint density at radius 3 is 2.17 bits per heavy atom. The Labute approximate surface area is 118 Å². The summed E-state index contributed by atoms with van der Waals surface area (Å²) in [6.07, 6.45) is 2.47. The number of nitrogens with zero attached hydrogens (tertiary/aromatic N) is 1. The second-order valence-electron chi connectivity index (χ2n) is 4.41. The second kappa shape index (κ2) is 11.8. The third kappa shape index (κ3) is 7.19. The standard InChI is InChI=1S/C13H28N2O2.ClH/c1-5-11(6-2)10-15(7-3)13(16)8-12(9-14)17-4;/h11-12H,5-10,14H2,1-4H3;1H. The molecule has 0 aromatic heterocycles. The van der Waals surface area contributed by atoms with E-state index in [1.54, 1.807) is 7.11 Å². The van der Waals surface area contributed by atoms with Gasteiger partial charge < -0.3 is 15.4 Å². The predicted octanol–water partition coefficient (Wildman–Crippen LogP) is 2.06. The van der Waals surface area contributed by atoms with Crippen LogP contribution in [0.5, 0.6) is 0 Å². The number of hydrogen-bond donors (Lipinski definition) is 1. The molecule has 0 rings (SSSR count). The van der Waals surface area contributed by atoms with Gasteiger partial charge in [-0.3, -0.25) is 4.79 Å². The number of methoxy groups -OCH3 is 1. The van der Waals surface area contributed by atoms with Crippen LogP contribution in [0.3, 0.4) is 0 Å². The number of ether oxygens (including phenoxy) is 1. The maximum atomic E-state index is 12.1. The number of nitrogens with two attached hydrogens (primary N) is 1. The van der Waals surface area contributed by atoms with E-state index in [-0.39, 0.29) is 24.4 Å². The van der Waals surface area contributed by atoms with E-state index in [1.165, 1.54) is 0 Å². The van der Waals surface area contributed by atoms with Crippen LogP contribution in [-0.2, 0) is 9.53 Å². The molecule has 2 N–H and O–H groups in total. The fourth-order valence-electron chi connectivity index (χ4n) is 1.85. The van der Waals surface area contributed by atoms with Gasteiger partial charge >= 0.3 is 0 Å². The van der Waals surface area contributed by atoms with Gasteiger partial charge in [-0.05, 0) is 12.8 Å². The topological polar surface area (TPSA) is 55.6 Å². The molecule has 0 aliphatic carbocycles. The van der Waals surface area contributed by atoms with Crippen molar-refractivity contribution in [3.05, 3.63) is 0 Å². The van der Waals surface area contributed by atoms with E-state index >= 15 is 0 Å². The van der Waals surface area contributed by atoms with E-state index in [1.807, 2.05) is 11.8 Å². The smallest absolute Gasteiger partial charge is 0.225 e. The first-order valence-electron chi connectivity index (χ1n) is 6.63. The molecule has 1 atom stereocenters. The van der Waals surface area contributed by atoms with Crippen molar-refractivity contribution >= 4 is 18.3 Å². The Bertz CT molecular complexity index is 207. The van der Waals surface area contributed by atoms with Crippen molar-refractivity contribution in [3.63, 3.8) is 0 Å². The van der Waals surface area contributed by atoms with Gasteiger partial charge in [-0.1, -0.05) is 26.7 Å². The van der Waals surface area contributed by atoms with Crippen molar-refractivity contribution in [1.82, 2.24) is 4.90 Å². The lowest BCUT2D eigenvalue weighted by Gasteiger charge is -2.26. The summed E-state index contributed by atoms with van der Waals surface area (Å²) < 4.78 is 5.15. The molecule has 0 fully saturated rings. The van der Waals surface area contributed by atoms with Gasteiger partial charge in [0.05, 0.1) is 12.5 Å². The average molecular weight is 281 g/mol. The molecule has 0 saturated heterocycles. The molecule has 0 aromatic carbocycles. The van der Waals surface area contributed by atoms with Crippen LogP contribution in [0.25, 0.3) is 0 Å². The molecule has 0 spiro atoms. The van der Waals surface area contributed by atoms with Crippen LogP contribution in [0.4, 0.5) is 0 Å². The van der Waals surface area contributed by atoms with E-state index in [4.69, 9.17) is 10.5 Å². The summed E-state index contributed by atoms with van der Waals surface area (Å²) in [6.45, 7) is 8.36. The van der Waals surface area contributed by atoms with E-state index in [0.29, 0.717) is 18.9 Å². The highest BCUT2D eigenvalue weighted by Crippen LogP contribution is 2.11. The SMILES string of the molecule is CCC(CC)CN(CC)C(=O)CC(CN)OC.Cl. The maximum absolute atomic E-state index is 12.1. The highest BCUT2D eigenvalue weighted by molar-refractivity contribution is 5.85. The Kier molecular flexibility index (Phi) is 13.1. The molecule has 0 heterocycles. The van der Waals surface area contributed by atoms with Crippen molar-refractivity contribution in [2.24, 2.45) is 11.7 Å². The van der Waals surface area contributed by atoms with Crippen LogP contribution in [0.1, 0.15) is 40.0 Å². The molecular weight excluding hydrogens is 252 g/mol. The lowest BCUT2D eigenvalue weighted by atomic mass is 10.0. The molecule has 0 aliphatic rings. The van der Waals surface area contributed by atoms with Crippen LogP contribution in [0.15, 0.2) is 0 Å². The number of carbonyl (C=O) groups excluding carboxylic acids is 1. The van der Waals surface area contributed by atoms with E-state index in [0.717, 1.165) is 25.9 Å². The average Bonchev–Trinajstić information content (AvgIpc) is 2.37. The van der Waals surface area contributed by atoms with Gasteiger partial charge in [0.1, 0.15) is 0 Å². The van der Waals surface area contributed by atoms with Gasteiger partial charge in [0.25, 0.3) is 0 Å². The number of hydrogen-bond acceptors (Lipinski definition) is 3. The Morgan fingerprint density at radius 1 is 1.28 bits per heavy atom. The van der Waals surface area contributed by atoms with Gasteiger partial charge in [0.15, 0.2) is 0 Å². The zero-order chi connectivity index (χ0) is 13.3.